The first-order valence-electron chi connectivity index (χ1n) is 6.39. The maximum absolute atomic E-state index is 12.4. The number of hydrogen-bond donors (Lipinski definition) is 2. The number of nitrogen functional groups attached to an aromatic ring is 1. The minimum atomic E-state index is -3.24. The molecule has 1 heterocycles. The summed E-state index contributed by atoms with van der Waals surface area (Å²) in [6.07, 6.45) is 1.75. The minimum Gasteiger partial charge on any atom is -0.399 e. The highest BCUT2D eigenvalue weighted by Gasteiger charge is 2.29. The first-order chi connectivity index (χ1) is 9.26. The Kier molecular flexibility index (Phi) is 5.61. The van der Waals surface area contributed by atoms with E-state index in [0.717, 1.165) is 11.8 Å². The van der Waals surface area contributed by atoms with Crippen molar-refractivity contribution < 1.29 is 13.2 Å². The zero-order valence-corrected chi connectivity index (χ0v) is 13.6. The zero-order chi connectivity index (χ0) is 14.9. The molecular formula is C13H20ClN3O3S. The van der Waals surface area contributed by atoms with Gasteiger partial charge in [0.25, 0.3) is 5.91 Å². The third-order valence-corrected chi connectivity index (χ3v) is 4.11. The second-order valence-electron chi connectivity index (χ2n) is 5.20. The predicted octanol–water partition coefficient (Wildman–Crippen LogP) is 0.763. The summed E-state index contributed by atoms with van der Waals surface area (Å²) in [7, 11) is -3.24. The van der Waals surface area contributed by atoms with E-state index in [-0.39, 0.29) is 24.4 Å². The number of likely N-dealkylation sites (tertiary alicyclic amines) is 1. The van der Waals surface area contributed by atoms with Gasteiger partial charge in [0.05, 0.1) is 6.26 Å². The van der Waals surface area contributed by atoms with E-state index in [1.807, 2.05) is 13.0 Å². The highest BCUT2D eigenvalue weighted by molar-refractivity contribution is 7.88. The summed E-state index contributed by atoms with van der Waals surface area (Å²) in [6, 6.07) is 5.01. The number of benzene rings is 1. The molecule has 118 valence electrons. The molecule has 1 aromatic carbocycles. The van der Waals surface area contributed by atoms with E-state index < -0.39 is 10.0 Å². The molecule has 1 aromatic rings. The van der Waals surface area contributed by atoms with Crippen LogP contribution >= 0.6 is 12.4 Å². The van der Waals surface area contributed by atoms with E-state index in [1.165, 1.54) is 0 Å². The lowest BCUT2D eigenvalue weighted by molar-refractivity contribution is 0.0789. The predicted molar refractivity (Wildman–Crippen MR) is 85.1 cm³/mol. The van der Waals surface area contributed by atoms with Crippen LogP contribution in [0.15, 0.2) is 18.2 Å². The van der Waals surface area contributed by atoms with E-state index in [2.05, 4.69) is 4.72 Å². The number of carbonyl (C=O) groups is 1. The number of amides is 1. The quantitative estimate of drug-likeness (QED) is 0.799. The van der Waals surface area contributed by atoms with Crippen LogP contribution in [0.4, 0.5) is 5.69 Å². The van der Waals surface area contributed by atoms with Crippen molar-refractivity contribution in [2.24, 2.45) is 0 Å². The zero-order valence-electron chi connectivity index (χ0n) is 12.0. The number of rotatable bonds is 3. The fraction of sp³-hybridized carbons (Fsp3) is 0.462. The molecule has 1 amide bonds. The van der Waals surface area contributed by atoms with Gasteiger partial charge in [-0.05, 0) is 31.0 Å². The molecule has 0 aliphatic carbocycles. The molecular weight excluding hydrogens is 314 g/mol. The van der Waals surface area contributed by atoms with Crippen LogP contribution in [0.1, 0.15) is 22.3 Å². The average molecular weight is 334 g/mol. The minimum absolute atomic E-state index is 0. The molecule has 1 fully saturated rings. The number of hydrogen-bond acceptors (Lipinski definition) is 4. The molecule has 8 heteroatoms. The lowest BCUT2D eigenvalue weighted by Crippen LogP contribution is -2.38. The van der Waals surface area contributed by atoms with E-state index in [1.54, 1.807) is 17.0 Å². The van der Waals surface area contributed by atoms with Gasteiger partial charge < -0.3 is 10.6 Å². The van der Waals surface area contributed by atoms with Gasteiger partial charge in [-0.2, -0.15) is 0 Å². The van der Waals surface area contributed by atoms with Gasteiger partial charge in [0, 0.05) is 30.4 Å². The van der Waals surface area contributed by atoms with Crippen LogP contribution in [0.25, 0.3) is 0 Å². The number of nitrogens with two attached hydrogens (primary N) is 1. The van der Waals surface area contributed by atoms with Gasteiger partial charge in [0.15, 0.2) is 0 Å². The Labute approximate surface area is 131 Å². The molecule has 1 saturated heterocycles. The number of nitrogens with zero attached hydrogens (tertiary/aromatic N) is 1. The summed E-state index contributed by atoms with van der Waals surface area (Å²) in [4.78, 5) is 14.1. The Balaban J connectivity index is 0.00000220. The van der Waals surface area contributed by atoms with Crippen LogP contribution in [0.2, 0.25) is 0 Å². The molecule has 0 radical (unpaired) electrons. The molecule has 21 heavy (non-hydrogen) atoms. The second-order valence-corrected chi connectivity index (χ2v) is 6.98. The smallest absolute Gasteiger partial charge is 0.254 e. The largest absolute Gasteiger partial charge is 0.399 e. The lowest BCUT2D eigenvalue weighted by Gasteiger charge is -2.18. The topological polar surface area (TPSA) is 92.5 Å². The van der Waals surface area contributed by atoms with Gasteiger partial charge in [0.1, 0.15) is 0 Å². The van der Waals surface area contributed by atoms with Gasteiger partial charge in [-0.25, -0.2) is 13.1 Å². The van der Waals surface area contributed by atoms with Crippen LogP contribution in [-0.2, 0) is 10.0 Å². The summed E-state index contributed by atoms with van der Waals surface area (Å²) in [5.74, 6) is -0.104. The Morgan fingerprint density at radius 1 is 1.43 bits per heavy atom. The van der Waals surface area contributed by atoms with Crippen LogP contribution < -0.4 is 10.5 Å². The molecule has 1 aliphatic heterocycles. The second kappa shape index (κ2) is 6.64. The van der Waals surface area contributed by atoms with Gasteiger partial charge >= 0.3 is 0 Å². The van der Waals surface area contributed by atoms with Gasteiger partial charge in [-0.3, -0.25) is 4.79 Å². The molecule has 2 rings (SSSR count). The van der Waals surface area contributed by atoms with Crippen molar-refractivity contribution in [3.05, 3.63) is 29.3 Å². The molecule has 3 N–H and O–H groups in total. The van der Waals surface area contributed by atoms with Crippen LogP contribution in [0, 0.1) is 6.92 Å². The Bertz CT molecular complexity index is 634. The highest BCUT2D eigenvalue weighted by Crippen LogP contribution is 2.18. The molecule has 0 spiro atoms. The van der Waals surface area contributed by atoms with Crippen molar-refractivity contribution in [2.75, 3.05) is 25.1 Å². The Morgan fingerprint density at radius 2 is 2.10 bits per heavy atom. The van der Waals surface area contributed by atoms with Crippen LogP contribution in [-0.4, -0.2) is 44.6 Å². The van der Waals surface area contributed by atoms with Crippen molar-refractivity contribution in [3.8, 4) is 0 Å². The van der Waals surface area contributed by atoms with Crippen LogP contribution in [0.3, 0.4) is 0 Å². The summed E-state index contributed by atoms with van der Waals surface area (Å²) in [5.41, 5.74) is 7.70. The fourth-order valence-electron chi connectivity index (χ4n) is 2.38. The standard InChI is InChI=1S/C13H19N3O3S.ClH/c1-9-3-4-10(14)7-12(9)13(17)16-6-5-11(8-16)15-20(2,18)19;/h3-4,7,11,15H,5-6,8,14H2,1-2H3;1H. The summed E-state index contributed by atoms with van der Waals surface area (Å²) in [6.45, 7) is 2.79. The first-order valence-corrected chi connectivity index (χ1v) is 8.28. The van der Waals surface area contributed by atoms with Crippen molar-refractivity contribution in [1.82, 2.24) is 9.62 Å². The number of halogens is 1. The number of anilines is 1. The van der Waals surface area contributed by atoms with E-state index in [0.29, 0.717) is 30.8 Å². The monoisotopic (exact) mass is 333 g/mol. The van der Waals surface area contributed by atoms with Crippen molar-refractivity contribution in [3.63, 3.8) is 0 Å². The number of carbonyl (C=O) groups excluding carboxylic acids is 1. The van der Waals surface area contributed by atoms with Crippen molar-refractivity contribution >= 4 is 34.0 Å². The Hall–Kier alpha value is -1.31. The SMILES string of the molecule is Cc1ccc(N)cc1C(=O)N1CCC(NS(C)(=O)=O)C1.Cl. The molecule has 1 atom stereocenters. The normalized spacial score (nSPS) is 18.4. The Morgan fingerprint density at radius 3 is 2.71 bits per heavy atom. The first kappa shape index (κ1) is 17.7. The van der Waals surface area contributed by atoms with Crippen molar-refractivity contribution in [2.45, 2.75) is 19.4 Å². The van der Waals surface area contributed by atoms with Gasteiger partial charge in [-0.15, -0.1) is 12.4 Å². The molecule has 1 aliphatic rings. The maximum atomic E-state index is 12.4. The molecule has 0 saturated carbocycles. The molecule has 0 bridgehead atoms. The molecule has 0 aromatic heterocycles. The van der Waals surface area contributed by atoms with E-state index in [4.69, 9.17) is 5.73 Å². The van der Waals surface area contributed by atoms with E-state index in [9.17, 15) is 13.2 Å². The van der Waals surface area contributed by atoms with Gasteiger partial charge in [-0.1, -0.05) is 6.07 Å². The fourth-order valence-corrected chi connectivity index (χ4v) is 3.18. The summed E-state index contributed by atoms with van der Waals surface area (Å²) >= 11 is 0. The van der Waals surface area contributed by atoms with Crippen LogP contribution in [0.5, 0.6) is 0 Å². The lowest BCUT2D eigenvalue weighted by atomic mass is 10.1. The van der Waals surface area contributed by atoms with E-state index >= 15 is 0 Å². The third-order valence-electron chi connectivity index (χ3n) is 3.35. The molecule has 6 nitrogen and oxygen atoms in total. The highest BCUT2D eigenvalue weighted by atomic mass is 35.5. The molecule has 1 unspecified atom stereocenters. The van der Waals surface area contributed by atoms with Crippen molar-refractivity contribution in [1.29, 1.82) is 0 Å². The van der Waals surface area contributed by atoms with Gasteiger partial charge in [0.2, 0.25) is 10.0 Å². The maximum Gasteiger partial charge on any atom is 0.254 e. The summed E-state index contributed by atoms with van der Waals surface area (Å²) in [5, 5.41) is 0. The number of nitrogens with one attached hydrogen (secondary N) is 1. The average Bonchev–Trinajstić information content (AvgIpc) is 2.77. The number of aryl methyl sites for hydroxylation is 1. The third kappa shape index (κ3) is 4.59. The summed E-state index contributed by atoms with van der Waals surface area (Å²) < 4.78 is 24.9. The number of sulfonamides is 1.